The molecule has 2 aromatic carbocycles. The normalized spacial score (nSPS) is 18.2. The van der Waals surface area contributed by atoms with Gasteiger partial charge < -0.3 is 19.1 Å². The second-order valence-corrected chi connectivity index (χ2v) is 8.50. The van der Waals surface area contributed by atoms with E-state index in [9.17, 15) is 9.59 Å². The Bertz CT molecular complexity index is 916. The van der Waals surface area contributed by atoms with E-state index in [0.29, 0.717) is 42.1 Å². The quantitative estimate of drug-likeness (QED) is 0.711. The maximum atomic E-state index is 12.8. The van der Waals surface area contributed by atoms with Crippen LogP contribution in [0, 0.1) is 0 Å². The fourth-order valence-corrected chi connectivity index (χ4v) is 4.44. The lowest BCUT2D eigenvalue weighted by atomic mass is 10.2. The van der Waals surface area contributed by atoms with E-state index >= 15 is 0 Å². The van der Waals surface area contributed by atoms with Gasteiger partial charge in [-0.05, 0) is 36.8 Å². The highest BCUT2D eigenvalue weighted by Gasteiger charge is 2.25. The van der Waals surface area contributed by atoms with Crippen LogP contribution in [0.25, 0.3) is 0 Å². The topological polar surface area (TPSA) is 65.1 Å². The summed E-state index contributed by atoms with van der Waals surface area (Å²) in [5.41, 5.74) is 1.21. The van der Waals surface area contributed by atoms with E-state index < -0.39 is 5.97 Å². The van der Waals surface area contributed by atoms with Crippen molar-refractivity contribution in [3.63, 3.8) is 0 Å². The third kappa shape index (κ3) is 4.50. The minimum atomic E-state index is -0.556. The number of fused-ring (bicyclic) bond motifs is 2. The molecule has 2 aliphatic heterocycles. The molecule has 0 aliphatic carbocycles. The molecule has 0 aromatic heterocycles. The van der Waals surface area contributed by atoms with Crippen LogP contribution in [0.15, 0.2) is 47.4 Å². The largest absolute Gasteiger partial charge is 0.490 e. The number of para-hydroxylation sites is 1. The number of nitrogens with zero attached hydrogens (tertiary/aromatic N) is 1. The molecule has 1 atom stereocenters. The summed E-state index contributed by atoms with van der Waals surface area (Å²) in [6.45, 7) is 3.57. The highest BCUT2D eigenvalue weighted by molar-refractivity contribution is 8.00. The molecule has 0 saturated heterocycles. The van der Waals surface area contributed by atoms with Crippen LogP contribution in [0.1, 0.15) is 30.1 Å². The lowest BCUT2D eigenvalue weighted by Crippen LogP contribution is -2.35. The Labute approximate surface area is 174 Å². The van der Waals surface area contributed by atoms with Gasteiger partial charge in [0.1, 0.15) is 0 Å². The van der Waals surface area contributed by atoms with Crippen molar-refractivity contribution in [1.29, 1.82) is 0 Å². The second kappa shape index (κ2) is 8.78. The van der Waals surface area contributed by atoms with E-state index in [1.165, 1.54) is 0 Å². The molecule has 152 valence electrons. The lowest BCUT2D eigenvalue weighted by molar-refractivity contribution is -0.121. The minimum absolute atomic E-state index is 0.227. The van der Waals surface area contributed by atoms with Crippen molar-refractivity contribution in [3.05, 3.63) is 48.0 Å². The number of carbonyl (C=O) groups is 2. The summed E-state index contributed by atoms with van der Waals surface area (Å²) in [7, 11) is 0. The van der Waals surface area contributed by atoms with Crippen LogP contribution in [0.4, 0.5) is 5.69 Å². The van der Waals surface area contributed by atoms with Gasteiger partial charge in [0, 0.05) is 23.1 Å². The van der Waals surface area contributed by atoms with Crippen LogP contribution in [0.2, 0.25) is 0 Å². The molecule has 2 heterocycles. The first-order valence-corrected chi connectivity index (χ1v) is 10.6. The Morgan fingerprint density at radius 3 is 2.79 bits per heavy atom. The van der Waals surface area contributed by atoms with Crippen molar-refractivity contribution in [2.75, 3.05) is 31.3 Å². The number of hydrogen-bond acceptors (Lipinski definition) is 6. The molecule has 0 saturated carbocycles. The predicted octanol–water partition coefficient (Wildman–Crippen LogP) is 3.92. The minimum Gasteiger partial charge on any atom is -0.490 e. The van der Waals surface area contributed by atoms with E-state index in [-0.39, 0.29) is 12.5 Å². The number of benzene rings is 2. The SMILES string of the molecule is CC1CCN(C(=O)COC(=O)c2ccc3c(c2)OCCCO3)c2ccccc2S1. The highest BCUT2D eigenvalue weighted by atomic mass is 32.2. The van der Waals surface area contributed by atoms with Crippen molar-refractivity contribution in [2.24, 2.45) is 0 Å². The van der Waals surface area contributed by atoms with Crippen LogP contribution in [-0.2, 0) is 9.53 Å². The standard InChI is InChI=1S/C22H23NO5S/c1-15-9-10-23(17-5-2-3-6-20(17)29-15)21(24)14-28-22(25)16-7-8-18-19(13-16)27-12-4-11-26-18/h2-3,5-8,13,15H,4,9-12,14H2,1H3. The van der Waals surface area contributed by atoms with Gasteiger partial charge in [-0.25, -0.2) is 4.79 Å². The second-order valence-electron chi connectivity index (χ2n) is 7.02. The van der Waals surface area contributed by atoms with Gasteiger partial charge in [-0.3, -0.25) is 4.79 Å². The molecule has 1 unspecified atom stereocenters. The van der Waals surface area contributed by atoms with Gasteiger partial charge in [-0.1, -0.05) is 19.1 Å². The number of amides is 1. The van der Waals surface area contributed by atoms with Gasteiger partial charge in [0.2, 0.25) is 0 Å². The van der Waals surface area contributed by atoms with Gasteiger partial charge >= 0.3 is 5.97 Å². The average Bonchev–Trinajstić information content (AvgIpc) is 3.06. The maximum absolute atomic E-state index is 12.8. The molecule has 0 fully saturated rings. The molecule has 0 spiro atoms. The molecule has 7 heteroatoms. The fraction of sp³-hybridized carbons (Fsp3) is 0.364. The molecule has 0 N–H and O–H groups in total. The van der Waals surface area contributed by atoms with Crippen molar-refractivity contribution in [1.82, 2.24) is 0 Å². The Kier molecular flexibility index (Phi) is 5.94. The summed E-state index contributed by atoms with van der Waals surface area (Å²) in [6.07, 6.45) is 1.67. The molecular weight excluding hydrogens is 390 g/mol. The average molecular weight is 413 g/mol. The van der Waals surface area contributed by atoms with Gasteiger partial charge in [0.15, 0.2) is 18.1 Å². The molecule has 2 aromatic rings. The first-order chi connectivity index (χ1) is 14.1. The van der Waals surface area contributed by atoms with Crippen LogP contribution in [0.3, 0.4) is 0 Å². The first-order valence-electron chi connectivity index (χ1n) is 9.74. The molecule has 6 nitrogen and oxygen atoms in total. The monoisotopic (exact) mass is 413 g/mol. The van der Waals surface area contributed by atoms with Crippen LogP contribution in [-0.4, -0.2) is 43.5 Å². The zero-order chi connectivity index (χ0) is 20.2. The number of anilines is 1. The van der Waals surface area contributed by atoms with Gasteiger partial charge in [0.05, 0.1) is 24.5 Å². The van der Waals surface area contributed by atoms with E-state index in [0.717, 1.165) is 23.4 Å². The third-order valence-electron chi connectivity index (χ3n) is 4.85. The van der Waals surface area contributed by atoms with E-state index in [2.05, 4.69) is 6.92 Å². The van der Waals surface area contributed by atoms with Crippen LogP contribution in [0.5, 0.6) is 11.5 Å². The van der Waals surface area contributed by atoms with Crippen LogP contribution >= 0.6 is 11.8 Å². The molecule has 0 radical (unpaired) electrons. The predicted molar refractivity (Wildman–Crippen MR) is 111 cm³/mol. The Morgan fingerprint density at radius 2 is 1.93 bits per heavy atom. The zero-order valence-corrected chi connectivity index (χ0v) is 17.1. The highest BCUT2D eigenvalue weighted by Crippen LogP contribution is 2.37. The Balaban J connectivity index is 1.43. The first kappa shape index (κ1) is 19.6. The zero-order valence-electron chi connectivity index (χ0n) is 16.3. The summed E-state index contributed by atoms with van der Waals surface area (Å²) >= 11 is 1.76. The van der Waals surface area contributed by atoms with Gasteiger partial charge in [-0.15, -0.1) is 11.8 Å². The van der Waals surface area contributed by atoms with Crippen LogP contribution < -0.4 is 14.4 Å². The van der Waals surface area contributed by atoms with Crippen molar-refractivity contribution in [3.8, 4) is 11.5 Å². The smallest absolute Gasteiger partial charge is 0.338 e. The summed E-state index contributed by atoms with van der Waals surface area (Å²) in [4.78, 5) is 28.1. The summed E-state index contributed by atoms with van der Waals surface area (Å²) in [6, 6.07) is 12.8. The molecule has 2 aliphatic rings. The maximum Gasteiger partial charge on any atom is 0.338 e. The third-order valence-corrected chi connectivity index (χ3v) is 6.09. The summed E-state index contributed by atoms with van der Waals surface area (Å²) in [5.74, 6) is 0.355. The van der Waals surface area contributed by atoms with Gasteiger partial charge in [0.25, 0.3) is 5.91 Å². The number of esters is 1. The number of ether oxygens (including phenoxy) is 3. The Hall–Kier alpha value is -2.67. The van der Waals surface area contributed by atoms with Gasteiger partial charge in [-0.2, -0.15) is 0 Å². The van der Waals surface area contributed by atoms with E-state index in [1.807, 2.05) is 24.3 Å². The molecule has 4 rings (SSSR count). The van der Waals surface area contributed by atoms with Crippen molar-refractivity contribution >= 4 is 29.3 Å². The fourth-order valence-electron chi connectivity index (χ4n) is 3.32. The summed E-state index contributed by atoms with van der Waals surface area (Å²) in [5, 5.41) is 0.415. The summed E-state index contributed by atoms with van der Waals surface area (Å²) < 4.78 is 16.5. The van der Waals surface area contributed by atoms with Crippen molar-refractivity contribution < 1.29 is 23.8 Å². The van der Waals surface area contributed by atoms with Crippen molar-refractivity contribution in [2.45, 2.75) is 29.9 Å². The Morgan fingerprint density at radius 1 is 1.14 bits per heavy atom. The molecule has 29 heavy (non-hydrogen) atoms. The number of thioether (sulfide) groups is 1. The number of hydrogen-bond donors (Lipinski definition) is 0. The molecular formula is C22H23NO5S. The lowest BCUT2D eigenvalue weighted by Gasteiger charge is -2.22. The van der Waals surface area contributed by atoms with E-state index in [1.54, 1.807) is 34.9 Å². The molecule has 0 bridgehead atoms. The molecule has 1 amide bonds. The number of carbonyl (C=O) groups excluding carboxylic acids is 2. The van der Waals surface area contributed by atoms with E-state index in [4.69, 9.17) is 14.2 Å². The number of rotatable bonds is 3.